The van der Waals surface area contributed by atoms with Crippen LogP contribution in [-0.2, 0) is 11.4 Å². The molecule has 2 rings (SSSR count). The molecule has 0 aliphatic rings. The second kappa shape index (κ2) is 7.13. The van der Waals surface area contributed by atoms with Gasteiger partial charge in [-0.25, -0.2) is 4.79 Å². The Labute approximate surface area is 131 Å². The average molecular weight is 351 g/mol. The summed E-state index contributed by atoms with van der Waals surface area (Å²) in [4.78, 5) is 10.7. The standard InChI is InChI=1S/C16H15BrO4/c1-11(16(18)19)21-15-6-2-12(3-7-15)10-20-14-8-4-13(17)5-9-14/h2-9,11H,10H2,1H3,(H,18,19). The number of rotatable bonds is 6. The summed E-state index contributed by atoms with van der Waals surface area (Å²) >= 11 is 3.37. The maximum Gasteiger partial charge on any atom is 0.344 e. The van der Waals surface area contributed by atoms with E-state index in [4.69, 9.17) is 14.6 Å². The summed E-state index contributed by atoms with van der Waals surface area (Å²) in [6.07, 6.45) is -0.866. The Hall–Kier alpha value is -2.01. The Morgan fingerprint density at radius 3 is 2.24 bits per heavy atom. The maximum atomic E-state index is 10.7. The second-order valence-electron chi connectivity index (χ2n) is 4.48. The Morgan fingerprint density at radius 1 is 1.10 bits per heavy atom. The zero-order chi connectivity index (χ0) is 15.2. The zero-order valence-corrected chi connectivity index (χ0v) is 13.0. The minimum absolute atomic E-state index is 0.441. The highest BCUT2D eigenvalue weighted by Gasteiger charge is 2.11. The van der Waals surface area contributed by atoms with Gasteiger partial charge in [0.05, 0.1) is 0 Å². The van der Waals surface area contributed by atoms with Gasteiger partial charge in [0.15, 0.2) is 6.10 Å². The molecule has 110 valence electrons. The van der Waals surface area contributed by atoms with Gasteiger partial charge in [-0.05, 0) is 48.9 Å². The molecule has 0 bridgehead atoms. The van der Waals surface area contributed by atoms with Crippen LogP contribution in [0.1, 0.15) is 12.5 Å². The summed E-state index contributed by atoms with van der Waals surface area (Å²) in [5.74, 6) is 0.327. The largest absolute Gasteiger partial charge is 0.489 e. The summed E-state index contributed by atoms with van der Waals surface area (Å²) in [6, 6.07) is 14.8. The van der Waals surface area contributed by atoms with E-state index in [2.05, 4.69) is 15.9 Å². The molecule has 0 saturated carbocycles. The SMILES string of the molecule is CC(Oc1ccc(COc2ccc(Br)cc2)cc1)C(=O)O. The van der Waals surface area contributed by atoms with Crippen molar-refractivity contribution >= 4 is 21.9 Å². The molecule has 0 aliphatic carbocycles. The maximum absolute atomic E-state index is 10.7. The first-order valence-corrected chi connectivity index (χ1v) is 7.20. The van der Waals surface area contributed by atoms with Crippen molar-refractivity contribution < 1.29 is 19.4 Å². The summed E-state index contributed by atoms with van der Waals surface area (Å²) in [5, 5.41) is 8.78. The van der Waals surface area contributed by atoms with E-state index in [1.165, 1.54) is 6.92 Å². The molecular formula is C16H15BrO4. The number of carbonyl (C=O) groups is 1. The van der Waals surface area contributed by atoms with Crippen LogP contribution in [0.2, 0.25) is 0 Å². The van der Waals surface area contributed by atoms with Gasteiger partial charge in [0, 0.05) is 4.47 Å². The number of aliphatic carboxylic acids is 1. The van der Waals surface area contributed by atoms with Crippen LogP contribution in [0.5, 0.6) is 11.5 Å². The second-order valence-corrected chi connectivity index (χ2v) is 5.40. The Morgan fingerprint density at radius 2 is 1.67 bits per heavy atom. The van der Waals surface area contributed by atoms with Crippen LogP contribution in [0.15, 0.2) is 53.0 Å². The van der Waals surface area contributed by atoms with E-state index in [0.717, 1.165) is 15.8 Å². The molecule has 5 heteroatoms. The van der Waals surface area contributed by atoms with Crippen molar-refractivity contribution in [2.45, 2.75) is 19.6 Å². The third-order valence-corrected chi connectivity index (χ3v) is 3.33. The minimum Gasteiger partial charge on any atom is -0.489 e. The molecule has 21 heavy (non-hydrogen) atoms. The van der Waals surface area contributed by atoms with Crippen molar-refractivity contribution in [2.75, 3.05) is 0 Å². The molecule has 2 aromatic rings. The summed E-state index contributed by atoms with van der Waals surface area (Å²) in [6.45, 7) is 1.93. The molecule has 1 unspecified atom stereocenters. The number of carboxylic acid groups (broad SMARTS) is 1. The highest BCUT2D eigenvalue weighted by Crippen LogP contribution is 2.19. The Bertz CT molecular complexity index is 593. The molecule has 0 heterocycles. The topological polar surface area (TPSA) is 55.8 Å². The zero-order valence-electron chi connectivity index (χ0n) is 11.5. The number of ether oxygens (including phenoxy) is 2. The summed E-state index contributed by atoms with van der Waals surface area (Å²) in [7, 11) is 0. The van der Waals surface area contributed by atoms with Crippen LogP contribution < -0.4 is 9.47 Å². The molecule has 0 saturated heterocycles. The van der Waals surface area contributed by atoms with Gasteiger partial charge in [0.1, 0.15) is 18.1 Å². The van der Waals surface area contributed by atoms with Crippen LogP contribution in [0, 0.1) is 0 Å². The van der Waals surface area contributed by atoms with Crippen molar-refractivity contribution in [3.05, 3.63) is 58.6 Å². The van der Waals surface area contributed by atoms with Crippen LogP contribution >= 0.6 is 15.9 Å². The van der Waals surface area contributed by atoms with Gasteiger partial charge in [0.25, 0.3) is 0 Å². The molecule has 2 aromatic carbocycles. The van der Waals surface area contributed by atoms with Gasteiger partial charge in [-0.2, -0.15) is 0 Å². The lowest BCUT2D eigenvalue weighted by atomic mass is 10.2. The van der Waals surface area contributed by atoms with Crippen molar-refractivity contribution in [1.82, 2.24) is 0 Å². The van der Waals surface area contributed by atoms with E-state index in [1.54, 1.807) is 12.1 Å². The normalized spacial score (nSPS) is 11.7. The number of halogens is 1. The first kappa shape index (κ1) is 15.4. The smallest absolute Gasteiger partial charge is 0.344 e. The van der Waals surface area contributed by atoms with E-state index in [-0.39, 0.29) is 0 Å². The van der Waals surface area contributed by atoms with Crippen LogP contribution in [0.4, 0.5) is 0 Å². The van der Waals surface area contributed by atoms with Crippen molar-refractivity contribution in [3.63, 3.8) is 0 Å². The molecule has 0 amide bonds. The van der Waals surface area contributed by atoms with E-state index < -0.39 is 12.1 Å². The van der Waals surface area contributed by atoms with Gasteiger partial charge in [-0.3, -0.25) is 0 Å². The van der Waals surface area contributed by atoms with Gasteiger partial charge in [-0.15, -0.1) is 0 Å². The number of hydrogen-bond donors (Lipinski definition) is 1. The van der Waals surface area contributed by atoms with Gasteiger partial charge >= 0.3 is 5.97 Å². The molecule has 1 atom stereocenters. The molecule has 4 nitrogen and oxygen atoms in total. The fraction of sp³-hybridized carbons (Fsp3) is 0.188. The molecule has 0 aromatic heterocycles. The molecule has 0 fully saturated rings. The Kier molecular flexibility index (Phi) is 5.22. The lowest BCUT2D eigenvalue weighted by Gasteiger charge is -2.11. The molecule has 0 radical (unpaired) electrons. The first-order valence-electron chi connectivity index (χ1n) is 6.41. The highest BCUT2D eigenvalue weighted by atomic mass is 79.9. The Balaban J connectivity index is 1.90. The fourth-order valence-electron chi connectivity index (χ4n) is 1.62. The average Bonchev–Trinajstić information content (AvgIpc) is 2.48. The fourth-order valence-corrected chi connectivity index (χ4v) is 1.88. The quantitative estimate of drug-likeness (QED) is 0.858. The number of hydrogen-bond acceptors (Lipinski definition) is 3. The van der Waals surface area contributed by atoms with Gasteiger partial charge in [-0.1, -0.05) is 28.1 Å². The monoisotopic (exact) mass is 350 g/mol. The van der Waals surface area contributed by atoms with E-state index >= 15 is 0 Å². The molecule has 1 N–H and O–H groups in total. The van der Waals surface area contributed by atoms with Crippen LogP contribution in [0.3, 0.4) is 0 Å². The number of benzene rings is 2. The lowest BCUT2D eigenvalue weighted by molar-refractivity contribution is -0.144. The van der Waals surface area contributed by atoms with Crippen LogP contribution in [0.25, 0.3) is 0 Å². The van der Waals surface area contributed by atoms with Crippen LogP contribution in [-0.4, -0.2) is 17.2 Å². The third-order valence-electron chi connectivity index (χ3n) is 2.80. The third kappa shape index (κ3) is 4.79. The lowest BCUT2D eigenvalue weighted by Crippen LogP contribution is -2.22. The molecule has 0 aliphatic heterocycles. The predicted octanol–water partition coefficient (Wildman–Crippen LogP) is 3.88. The predicted molar refractivity (Wildman–Crippen MR) is 82.6 cm³/mol. The summed E-state index contributed by atoms with van der Waals surface area (Å²) < 4.78 is 11.9. The first-order chi connectivity index (χ1) is 10.0. The van der Waals surface area contributed by atoms with Crippen molar-refractivity contribution in [3.8, 4) is 11.5 Å². The minimum atomic E-state index is -0.988. The van der Waals surface area contributed by atoms with Gasteiger partial charge < -0.3 is 14.6 Å². The van der Waals surface area contributed by atoms with Gasteiger partial charge in [0.2, 0.25) is 0 Å². The van der Waals surface area contributed by atoms with Crippen molar-refractivity contribution in [1.29, 1.82) is 0 Å². The van der Waals surface area contributed by atoms with E-state index in [9.17, 15) is 4.79 Å². The highest BCUT2D eigenvalue weighted by molar-refractivity contribution is 9.10. The van der Waals surface area contributed by atoms with E-state index in [1.807, 2.05) is 36.4 Å². The van der Waals surface area contributed by atoms with E-state index in [0.29, 0.717) is 12.4 Å². The number of carboxylic acids is 1. The summed E-state index contributed by atoms with van der Waals surface area (Å²) in [5.41, 5.74) is 0.980. The molecular weight excluding hydrogens is 336 g/mol. The molecule has 0 spiro atoms. The van der Waals surface area contributed by atoms with Crippen molar-refractivity contribution in [2.24, 2.45) is 0 Å².